The highest BCUT2D eigenvalue weighted by atomic mass is 28.4. The lowest BCUT2D eigenvalue weighted by Gasteiger charge is -2.31. The van der Waals surface area contributed by atoms with Gasteiger partial charge in [0, 0.05) is 32.5 Å². The molecule has 0 spiro atoms. The van der Waals surface area contributed by atoms with Crippen molar-refractivity contribution >= 4 is 8.80 Å². The summed E-state index contributed by atoms with van der Waals surface area (Å²) in [6.45, 7) is 13.9. The fourth-order valence-corrected chi connectivity index (χ4v) is 5.05. The zero-order chi connectivity index (χ0) is 18.1. The predicted octanol–water partition coefficient (Wildman–Crippen LogP) is 5.58. The average Bonchev–Trinajstić information content (AvgIpc) is 2.58. The van der Waals surface area contributed by atoms with Crippen molar-refractivity contribution in [3.05, 3.63) is 0 Å². The Labute approximate surface area is 152 Å². The molecule has 0 aromatic rings. The number of hydrogen-bond acceptors (Lipinski definition) is 4. The van der Waals surface area contributed by atoms with Gasteiger partial charge in [0.15, 0.2) is 0 Å². The average molecular weight is 363 g/mol. The lowest BCUT2D eigenvalue weighted by Crippen LogP contribution is -2.47. The third-order valence-corrected chi connectivity index (χ3v) is 6.76. The molecule has 24 heavy (non-hydrogen) atoms. The fourth-order valence-electron chi connectivity index (χ4n) is 2.24. The highest BCUT2D eigenvalue weighted by molar-refractivity contribution is 6.60. The molecule has 0 radical (unpaired) electrons. The second-order valence-electron chi connectivity index (χ2n) is 6.51. The van der Waals surface area contributed by atoms with Crippen LogP contribution in [0.3, 0.4) is 0 Å². The van der Waals surface area contributed by atoms with Crippen molar-refractivity contribution in [2.24, 2.45) is 0 Å². The summed E-state index contributed by atoms with van der Waals surface area (Å²) in [5, 5.41) is 0. The summed E-state index contributed by atoms with van der Waals surface area (Å²) in [7, 11) is -2.59. The Hall–Kier alpha value is 0.0569. The molecule has 0 aliphatic carbocycles. The predicted molar refractivity (Wildman–Crippen MR) is 103 cm³/mol. The van der Waals surface area contributed by atoms with E-state index in [-0.39, 0.29) is 6.10 Å². The van der Waals surface area contributed by atoms with Crippen LogP contribution >= 0.6 is 0 Å². The second-order valence-corrected chi connectivity index (χ2v) is 9.24. The van der Waals surface area contributed by atoms with Crippen LogP contribution in [0.4, 0.5) is 0 Å². The quantitative estimate of drug-likeness (QED) is 0.235. The monoisotopic (exact) mass is 362 g/mol. The van der Waals surface area contributed by atoms with E-state index < -0.39 is 8.80 Å². The Morgan fingerprint density at radius 2 is 1.12 bits per heavy atom. The van der Waals surface area contributed by atoms with Crippen molar-refractivity contribution in [1.29, 1.82) is 0 Å². The molecule has 0 aromatic carbocycles. The van der Waals surface area contributed by atoms with Gasteiger partial charge < -0.3 is 18.0 Å². The van der Waals surface area contributed by atoms with Crippen LogP contribution < -0.4 is 0 Å². The van der Waals surface area contributed by atoms with Gasteiger partial charge in [-0.2, -0.15) is 0 Å². The summed E-state index contributed by atoms with van der Waals surface area (Å²) in [6, 6.07) is 0.856. The van der Waals surface area contributed by atoms with E-state index in [1.165, 1.54) is 0 Å². The summed E-state index contributed by atoms with van der Waals surface area (Å²) >= 11 is 0. The molecule has 0 fully saturated rings. The van der Waals surface area contributed by atoms with Crippen LogP contribution in [0.1, 0.15) is 86.0 Å². The van der Waals surface area contributed by atoms with Crippen LogP contribution in [-0.4, -0.2) is 41.3 Å². The van der Waals surface area contributed by atoms with Crippen LogP contribution in [0.5, 0.6) is 0 Å². The molecule has 0 N–H and O–H groups in total. The Balaban J connectivity index is 4.70. The minimum absolute atomic E-state index is 0.233. The molecule has 1 unspecified atom stereocenters. The van der Waals surface area contributed by atoms with Crippen LogP contribution in [-0.2, 0) is 18.0 Å². The topological polar surface area (TPSA) is 36.9 Å². The first kappa shape index (κ1) is 24.1. The van der Waals surface area contributed by atoms with Gasteiger partial charge in [0.1, 0.15) is 0 Å². The van der Waals surface area contributed by atoms with Crippen LogP contribution in [0.2, 0.25) is 6.04 Å². The minimum Gasteiger partial charge on any atom is -0.379 e. The van der Waals surface area contributed by atoms with E-state index in [1.807, 2.05) is 0 Å². The van der Waals surface area contributed by atoms with E-state index in [4.69, 9.17) is 18.0 Å². The first-order valence-electron chi connectivity index (χ1n) is 10.2. The maximum Gasteiger partial charge on any atom is 0.501 e. The molecule has 0 bridgehead atoms. The molecule has 0 rings (SSSR count). The summed E-state index contributed by atoms with van der Waals surface area (Å²) in [5.74, 6) is 0. The van der Waals surface area contributed by atoms with Gasteiger partial charge in [0.2, 0.25) is 0 Å². The van der Waals surface area contributed by atoms with Gasteiger partial charge in [0.25, 0.3) is 0 Å². The molecule has 0 aliphatic heterocycles. The lowest BCUT2D eigenvalue weighted by atomic mass is 10.3. The van der Waals surface area contributed by atoms with E-state index in [2.05, 4.69) is 34.6 Å². The van der Waals surface area contributed by atoms with E-state index in [0.29, 0.717) is 0 Å². The normalized spacial score (nSPS) is 13.4. The van der Waals surface area contributed by atoms with Crippen LogP contribution in [0, 0.1) is 0 Å². The van der Waals surface area contributed by atoms with E-state index >= 15 is 0 Å². The summed E-state index contributed by atoms with van der Waals surface area (Å²) in [6.07, 6.45) is 8.80. The molecule has 0 amide bonds. The maximum atomic E-state index is 6.26. The molecule has 0 saturated heterocycles. The standard InChI is InChI=1S/C19H42O4Si/c1-6-10-15-21-24(22-16-11-7-2,23-17-12-8-3)18-13-19(5)20-14-9-4/h19H,6-18H2,1-5H3. The van der Waals surface area contributed by atoms with Crippen molar-refractivity contribution in [2.75, 3.05) is 26.4 Å². The molecular formula is C19H42O4Si. The molecule has 5 heteroatoms. The van der Waals surface area contributed by atoms with Gasteiger partial charge in [-0.3, -0.25) is 0 Å². The number of ether oxygens (including phenoxy) is 1. The number of unbranched alkanes of at least 4 members (excludes halogenated alkanes) is 3. The van der Waals surface area contributed by atoms with Gasteiger partial charge in [-0.25, -0.2) is 0 Å². The zero-order valence-electron chi connectivity index (χ0n) is 16.9. The van der Waals surface area contributed by atoms with E-state index in [0.717, 1.165) is 83.8 Å². The number of hydrogen-bond donors (Lipinski definition) is 0. The van der Waals surface area contributed by atoms with Crippen molar-refractivity contribution in [2.45, 2.75) is 98.1 Å². The summed E-state index contributed by atoms with van der Waals surface area (Å²) in [4.78, 5) is 0. The molecular weight excluding hydrogens is 320 g/mol. The first-order valence-corrected chi connectivity index (χ1v) is 12.1. The van der Waals surface area contributed by atoms with Crippen LogP contribution in [0.25, 0.3) is 0 Å². The first-order chi connectivity index (χ1) is 11.6. The highest BCUT2D eigenvalue weighted by Gasteiger charge is 2.41. The van der Waals surface area contributed by atoms with Gasteiger partial charge in [-0.1, -0.05) is 47.0 Å². The smallest absolute Gasteiger partial charge is 0.379 e. The molecule has 0 aromatic heterocycles. The molecule has 0 aliphatic rings. The number of rotatable bonds is 18. The second kappa shape index (κ2) is 16.5. The van der Waals surface area contributed by atoms with E-state index in [1.54, 1.807) is 0 Å². The zero-order valence-corrected chi connectivity index (χ0v) is 17.9. The fraction of sp³-hybridized carbons (Fsp3) is 1.00. The van der Waals surface area contributed by atoms with E-state index in [9.17, 15) is 0 Å². The molecule has 4 nitrogen and oxygen atoms in total. The maximum absolute atomic E-state index is 6.26. The largest absolute Gasteiger partial charge is 0.501 e. The Kier molecular flexibility index (Phi) is 16.6. The molecule has 0 heterocycles. The third-order valence-electron chi connectivity index (χ3n) is 3.92. The summed E-state index contributed by atoms with van der Waals surface area (Å²) < 4.78 is 24.6. The van der Waals surface area contributed by atoms with Gasteiger partial charge in [-0.05, 0) is 39.0 Å². The van der Waals surface area contributed by atoms with Gasteiger partial charge >= 0.3 is 8.80 Å². The van der Waals surface area contributed by atoms with Crippen molar-refractivity contribution in [3.63, 3.8) is 0 Å². The molecule has 1 atom stereocenters. The molecule has 146 valence electrons. The van der Waals surface area contributed by atoms with Gasteiger partial charge in [-0.15, -0.1) is 0 Å². The Bertz CT molecular complexity index is 237. The van der Waals surface area contributed by atoms with Crippen molar-refractivity contribution < 1.29 is 18.0 Å². The minimum atomic E-state index is -2.59. The third kappa shape index (κ3) is 12.4. The Morgan fingerprint density at radius 3 is 1.50 bits per heavy atom. The SMILES string of the molecule is CCCCO[Si](CCC(C)OCCC)(OCCCC)OCCCC. The van der Waals surface area contributed by atoms with Crippen molar-refractivity contribution in [1.82, 2.24) is 0 Å². The van der Waals surface area contributed by atoms with Crippen molar-refractivity contribution in [3.8, 4) is 0 Å². The molecule has 0 saturated carbocycles. The van der Waals surface area contributed by atoms with Gasteiger partial charge in [0.05, 0.1) is 6.10 Å². The van der Waals surface area contributed by atoms with Crippen LogP contribution in [0.15, 0.2) is 0 Å². The lowest BCUT2D eigenvalue weighted by molar-refractivity contribution is 0.0384. The Morgan fingerprint density at radius 1 is 0.667 bits per heavy atom. The summed E-state index contributed by atoms with van der Waals surface area (Å²) in [5.41, 5.74) is 0. The highest BCUT2D eigenvalue weighted by Crippen LogP contribution is 2.22.